The zero-order valence-corrected chi connectivity index (χ0v) is 11.3. The molecule has 1 fully saturated rings. The molecule has 1 saturated carbocycles. The van der Waals surface area contributed by atoms with Crippen molar-refractivity contribution in [3.8, 4) is 11.5 Å². The highest BCUT2D eigenvalue weighted by molar-refractivity contribution is 7.55. The summed E-state index contributed by atoms with van der Waals surface area (Å²) in [4.78, 5) is 0. The Balaban J connectivity index is 1.82. The van der Waals surface area contributed by atoms with E-state index in [-0.39, 0.29) is 5.66 Å². The summed E-state index contributed by atoms with van der Waals surface area (Å²) in [5.74, 6) is 1.18. The molecule has 0 radical (unpaired) electrons. The molecule has 0 aromatic heterocycles. The quantitative estimate of drug-likeness (QED) is 0.753. The topological polar surface area (TPSA) is 35.5 Å². The van der Waals surface area contributed by atoms with Gasteiger partial charge in [-0.15, -0.1) is 0 Å². The van der Waals surface area contributed by atoms with Crippen LogP contribution in [-0.2, 0) is 4.57 Å². The van der Waals surface area contributed by atoms with Crippen LogP contribution in [0, 0.1) is 0 Å². The number of benzene rings is 2. The van der Waals surface area contributed by atoms with Crippen LogP contribution < -0.4 is 9.05 Å². The van der Waals surface area contributed by atoms with Gasteiger partial charge >= 0.3 is 7.60 Å². The predicted molar refractivity (Wildman–Crippen MR) is 74.8 cm³/mol. The first kappa shape index (κ1) is 12.3. The summed E-state index contributed by atoms with van der Waals surface area (Å²) >= 11 is 0. The lowest BCUT2D eigenvalue weighted by molar-refractivity contribution is 0.384. The lowest BCUT2D eigenvalue weighted by Crippen LogP contribution is -2.05. The van der Waals surface area contributed by atoms with Crippen LogP contribution in [0.2, 0.25) is 0 Å². The van der Waals surface area contributed by atoms with Gasteiger partial charge in [-0.1, -0.05) is 36.4 Å². The molecule has 1 aliphatic carbocycles. The molecule has 2 aromatic carbocycles. The third-order valence-corrected chi connectivity index (χ3v) is 5.29. The van der Waals surface area contributed by atoms with Crippen molar-refractivity contribution in [3.63, 3.8) is 0 Å². The zero-order chi connectivity index (χ0) is 13.1. The summed E-state index contributed by atoms with van der Waals surface area (Å²) in [6.45, 7) is 0. The van der Waals surface area contributed by atoms with Gasteiger partial charge in [-0.25, -0.2) is 4.57 Å². The molecule has 0 amide bonds. The largest absolute Gasteiger partial charge is 0.433 e. The normalized spacial score (nSPS) is 14.9. The lowest BCUT2D eigenvalue weighted by Gasteiger charge is -2.19. The van der Waals surface area contributed by atoms with Crippen molar-refractivity contribution in [1.29, 1.82) is 0 Å². The maximum absolute atomic E-state index is 12.9. The Morgan fingerprint density at radius 2 is 1.21 bits per heavy atom. The van der Waals surface area contributed by atoms with Crippen molar-refractivity contribution in [3.05, 3.63) is 60.7 Å². The molecule has 19 heavy (non-hydrogen) atoms. The minimum atomic E-state index is -3.12. The maximum atomic E-state index is 12.9. The van der Waals surface area contributed by atoms with Crippen LogP contribution in [-0.4, -0.2) is 5.66 Å². The van der Waals surface area contributed by atoms with E-state index in [2.05, 4.69) is 0 Å². The molecule has 0 saturated heterocycles. The standard InChI is InChI=1S/C15H15O3P/c16-19(15-11-12-15,17-13-7-3-1-4-8-13)18-14-9-5-2-6-10-14/h1-10,15H,11-12H2. The maximum Gasteiger partial charge on any atom is 0.433 e. The first-order valence-corrected chi connectivity index (χ1v) is 7.96. The number of rotatable bonds is 5. The fraction of sp³-hybridized carbons (Fsp3) is 0.200. The van der Waals surface area contributed by atoms with Gasteiger partial charge in [0.2, 0.25) is 0 Å². The van der Waals surface area contributed by atoms with E-state index in [9.17, 15) is 4.57 Å². The van der Waals surface area contributed by atoms with Gasteiger partial charge in [0.15, 0.2) is 0 Å². The van der Waals surface area contributed by atoms with Gasteiger partial charge in [0.1, 0.15) is 11.5 Å². The van der Waals surface area contributed by atoms with Crippen LogP contribution in [0.15, 0.2) is 60.7 Å². The number of para-hydroxylation sites is 2. The van der Waals surface area contributed by atoms with Gasteiger partial charge in [-0.2, -0.15) is 0 Å². The van der Waals surface area contributed by atoms with Gasteiger partial charge in [-0.05, 0) is 37.1 Å². The van der Waals surface area contributed by atoms with E-state index in [1.54, 1.807) is 24.3 Å². The molecular weight excluding hydrogens is 259 g/mol. The average Bonchev–Trinajstić information content (AvgIpc) is 3.25. The molecular formula is C15H15O3P. The van der Waals surface area contributed by atoms with E-state index < -0.39 is 7.60 Å². The molecule has 0 N–H and O–H groups in total. The fourth-order valence-electron chi connectivity index (χ4n) is 1.82. The van der Waals surface area contributed by atoms with Gasteiger partial charge in [0, 0.05) is 0 Å². The van der Waals surface area contributed by atoms with Crippen molar-refractivity contribution < 1.29 is 13.6 Å². The van der Waals surface area contributed by atoms with Crippen LogP contribution in [0.25, 0.3) is 0 Å². The molecule has 0 aliphatic heterocycles. The fourth-order valence-corrected chi connectivity index (χ4v) is 3.76. The summed E-state index contributed by atoms with van der Waals surface area (Å²) in [5, 5.41) is 0. The molecule has 2 aromatic rings. The second-order valence-corrected chi connectivity index (χ2v) is 6.75. The molecule has 0 spiro atoms. The SMILES string of the molecule is O=P(Oc1ccccc1)(Oc1ccccc1)C1CC1. The van der Waals surface area contributed by atoms with Crippen molar-refractivity contribution in [2.75, 3.05) is 0 Å². The molecule has 0 bridgehead atoms. The molecule has 3 rings (SSSR count). The highest BCUT2D eigenvalue weighted by Gasteiger charge is 2.46. The van der Waals surface area contributed by atoms with E-state index in [1.165, 1.54) is 0 Å². The third-order valence-electron chi connectivity index (χ3n) is 2.95. The summed E-state index contributed by atoms with van der Waals surface area (Å²) < 4.78 is 24.2. The Morgan fingerprint density at radius 3 is 1.58 bits per heavy atom. The summed E-state index contributed by atoms with van der Waals surface area (Å²) in [5.41, 5.74) is 0.0212. The number of hydrogen-bond donors (Lipinski definition) is 0. The van der Waals surface area contributed by atoms with E-state index in [4.69, 9.17) is 9.05 Å². The average molecular weight is 274 g/mol. The van der Waals surface area contributed by atoms with Crippen LogP contribution >= 0.6 is 7.60 Å². The Kier molecular flexibility index (Phi) is 3.31. The van der Waals surface area contributed by atoms with Crippen molar-refractivity contribution in [1.82, 2.24) is 0 Å². The van der Waals surface area contributed by atoms with Crippen LogP contribution in [0.5, 0.6) is 11.5 Å². The van der Waals surface area contributed by atoms with Crippen LogP contribution in [0.1, 0.15) is 12.8 Å². The zero-order valence-electron chi connectivity index (χ0n) is 10.4. The van der Waals surface area contributed by atoms with Crippen LogP contribution in [0.4, 0.5) is 0 Å². The minimum Gasteiger partial charge on any atom is -0.416 e. The first-order valence-electron chi connectivity index (χ1n) is 6.35. The van der Waals surface area contributed by atoms with Gasteiger partial charge in [0.25, 0.3) is 0 Å². The molecule has 98 valence electrons. The van der Waals surface area contributed by atoms with Crippen molar-refractivity contribution in [2.45, 2.75) is 18.5 Å². The molecule has 4 heteroatoms. The molecule has 3 nitrogen and oxygen atoms in total. The summed E-state index contributed by atoms with van der Waals surface area (Å²) in [6, 6.07) is 18.4. The highest BCUT2D eigenvalue weighted by Crippen LogP contribution is 2.61. The summed E-state index contributed by atoms with van der Waals surface area (Å²) in [7, 11) is -3.12. The Hall–Kier alpha value is -1.73. The van der Waals surface area contributed by atoms with Crippen molar-refractivity contribution >= 4 is 7.60 Å². The molecule has 1 aliphatic rings. The molecule has 0 atom stereocenters. The third kappa shape index (κ3) is 2.99. The second kappa shape index (κ2) is 5.10. The lowest BCUT2D eigenvalue weighted by atomic mass is 10.3. The van der Waals surface area contributed by atoms with E-state index in [0.29, 0.717) is 11.5 Å². The van der Waals surface area contributed by atoms with Gasteiger partial charge in [-0.3, -0.25) is 0 Å². The van der Waals surface area contributed by atoms with Crippen LogP contribution in [0.3, 0.4) is 0 Å². The van der Waals surface area contributed by atoms with Gasteiger partial charge in [0.05, 0.1) is 5.66 Å². The smallest absolute Gasteiger partial charge is 0.416 e. The highest BCUT2D eigenvalue weighted by atomic mass is 31.2. The first-order chi connectivity index (χ1) is 9.26. The van der Waals surface area contributed by atoms with Gasteiger partial charge < -0.3 is 9.05 Å². The minimum absolute atomic E-state index is 0.0212. The Labute approximate surface area is 112 Å². The Bertz CT molecular complexity index is 533. The van der Waals surface area contributed by atoms with E-state index >= 15 is 0 Å². The second-order valence-electron chi connectivity index (χ2n) is 4.58. The molecule has 0 heterocycles. The monoisotopic (exact) mass is 274 g/mol. The van der Waals surface area contributed by atoms with E-state index in [0.717, 1.165) is 12.8 Å². The number of hydrogen-bond acceptors (Lipinski definition) is 3. The van der Waals surface area contributed by atoms with E-state index in [1.807, 2.05) is 36.4 Å². The molecule has 0 unspecified atom stereocenters. The Morgan fingerprint density at radius 1 is 0.789 bits per heavy atom. The van der Waals surface area contributed by atoms with Crippen molar-refractivity contribution in [2.24, 2.45) is 0 Å². The predicted octanol–water partition coefficient (Wildman–Crippen LogP) is 4.50. The summed E-state index contributed by atoms with van der Waals surface area (Å²) in [6.07, 6.45) is 1.80.